The third-order valence-electron chi connectivity index (χ3n) is 10.4. The Morgan fingerprint density at radius 1 is 0.298 bits per heavy atom. The molecule has 0 radical (unpaired) electrons. The quantitative estimate of drug-likeness (QED) is 0.182. The monoisotopic (exact) mass is 594 g/mol. The highest BCUT2D eigenvalue weighted by molar-refractivity contribution is 6.28. The summed E-state index contributed by atoms with van der Waals surface area (Å²) in [5.41, 5.74) is 6.61. The molecule has 47 heavy (non-hydrogen) atoms. The molecule has 1 aromatic heterocycles. The summed E-state index contributed by atoms with van der Waals surface area (Å²) in [6.07, 6.45) is 0. The third-order valence-corrected chi connectivity index (χ3v) is 10.4. The van der Waals surface area contributed by atoms with Crippen LogP contribution in [0.2, 0.25) is 0 Å². The van der Waals surface area contributed by atoms with E-state index in [4.69, 9.17) is 4.42 Å². The van der Waals surface area contributed by atoms with Gasteiger partial charge in [-0.25, -0.2) is 0 Å². The first-order chi connectivity index (χ1) is 23.3. The number of rotatable bonds is 2. The van der Waals surface area contributed by atoms with Gasteiger partial charge in [-0.3, -0.25) is 0 Å². The molecule has 0 unspecified atom stereocenters. The number of hydrogen-bond acceptors (Lipinski definition) is 1. The Labute approximate surface area is 270 Å². The molecule has 0 N–H and O–H groups in total. The van der Waals surface area contributed by atoms with Gasteiger partial charge >= 0.3 is 0 Å². The lowest BCUT2D eigenvalue weighted by Gasteiger charge is -2.16. The van der Waals surface area contributed by atoms with Crippen molar-refractivity contribution in [2.45, 2.75) is 0 Å². The minimum absolute atomic E-state index is 0.910. The standard InChI is InChI=1S/C46H26O/c1-3-10-35-27(6-1)12-15-33-24-32(19-20-36(33)35)34-25-41(45-40-23-16-28-7-2-4-11-37(28)46(40)47-42(45)26-34)38-21-17-31-14-13-29-8-5-9-30-18-22-39(38)44(31)43(29)30/h1-26H. The lowest BCUT2D eigenvalue weighted by molar-refractivity contribution is 0.673. The van der Waals surface area contributed by atoms with Gasteiger partial charge in [0.2, 0.25) is 0 Å². The van der Waals surface area contributed by atoms with Crippen molar-refractivity contribution in [3.8, 4) is 22.3 Å². The van der Waals surface area contributed by atoms with E-state index in [9.17, 15) is 0 Å². The van der Waals surface area contributed by atoms with Gasteiger partial charge in [0.25, 0.3) is 0 Å². The van der Waals surface area contributed by atoms with Crippen LogP contribution in [0.4, 0.5) is 0 Å². The Hall–Kier alpha value is -6.18. The first-order valence-corrected chi connectivity index (χ1v) is 16.3. The highest BCUT2D eigenvalue weighted by Crippen LogP contribution is 2.46. The molecular weight excluding hydrogens is 569 g/mol. The van der Waals surface area contributed by atoms with Crippen molar-refractivity contribution in [2.75, 3.05) is 0 Å². The molecule has 11 rings (SSSR count). The van der Waals surface area contributed by atoms with E-state index in [-0.39, 0.29) is 0 Å². The predicted molar refractivity (Wildman–Crippen MR) is 201 cm³/mol. The van der Waals surface area contributed by atoms with E-state index in [1.54, 1.807) is 0 Å². The van der Waals surface area contributed by atoms with E-state index in [0.717, 1.165) is 32.9 Å². The van der Waals surface area contributed by atoms with Crippen molar-refractivity contribution >= 4 is 86.6 Å². The summed E-state index contributed by atoms with van der Waals surface area (Å²) in [6.45, 7) is 0. The van der Waals surface area contributed by atoms with Gasteiger partial charge in [0.05, 0.1) is 0 Å². The lowest BCUT2D eigenvalue weighted by atomic mass is 9.87. The van der Waals surface area contributed by atoms with E-state index in [1.165, 1.54) is 75.9 Å². The molecule has 0 atom stereocenters. The Morgan fingerprint density at radius 3 is 1.77 bits per heavy atom. The molecule has 1 heteroatoms. The molecule has 216 valence electrons. The summed E-state index contributed by atoms with van der Waals surface area (Å²) in [7, 11) is 0. The molecule has 0 bridgehead atoms. The second-order valence-electron chi connectivity index (χ2n) is 12.9. The molecule has 0 amide bonds. The van der Waals surface area contributed by atoms with Gasteiger partial charge in [0.1, 0.15) is 11.2 Å². The molecule has 0 aliphatic carbocycles. The fourth-order valence-corrected chi connectivity index (χ4v) is 8.18. The molecule has 1 heterocycles. The van der Waals surface area contributed by atoms with E-state index in [2.05, 4.69) is 158 Å². The highest BCUT2D eigenvalue weighted by Gasteiger charge is 2.20. The average molecular weight is 595 g/mol. The van der Waals surface area contributed by atoms with Crippen LogP contribution in [0.5, 0.6) is 0 Å². The van der Waals surface area contributed by atoms with Crippen LogP contribution in [0.1, 0.15) is 0 Å². The second kappa shape index (κ2) is 9.19. The minimum Gasteiger partial charge on any atom is -0.455 e. The Balaban J connectivity index is 1.25. The van der Waals surface area contributed by atoms with Gasteiger partial charge in [-0.2, -0.15) is 0 Å². The van der Waals surface area contributed by atoms with Crippen molar-refractivity contribution < 1.29 is 4.42 Å². The first kappa shape index (κ1) is 25.1. The fraction of sp³-hybridized carbons (Fsp3) is 0. The Bertz CT molecular complexity index is 3050. The molecule has 0 saturated heterocycles. The molecular formula is C46H26O. The smallest absolute Gasteiger partial charge is 0.143 e. The Kier molecular flexibility index (Phi) is 4.90. The van der Waals surface area contributed by atoms with Crippen LogP contribution < -0.4 is 0 Å². The molecule has 0 aliphatic heterocycles. The van der Waals surface area contributed by atoms with E-state index in [0.29, 0.717) is 0 Å². The maximum Gasteiger partial charge on any atom is 0.143 e. The van der Waals surface area contributed by atoms with Crippen LogP contribution in [0.3, 0.4) is 0 Å². The average Bonchev–Trinajstić information content (AvgIpc) is 3.52. The summed E-state index contributed by atoms with van der Waals surface area (Å²) < 4.78 is 6.86. The molecule has 11 aromatic rings. The largest absolute Gasteiger partial charge is 0.455 e. The van der Waals surface area contributed by atoms with Crippen molar-refractivity contribution in [1.29, 1.82) is 0 Å². The van der Waals surface area contributed by atoms with Crippen LogP contribution in [0.15, 0.2) is 162 Å². The number of furan rings is 1. The molecule has 0 fully saturated rings. The molecule has 1 nitrogen and oxygen atoms in total. The number of benzene rings is 10. The van der Waals surface area contributed by atoms with Crippen LogP contribution >= 0.6 is 0 Å². The van der Waals surface area contributed by atoms with Crippen molar-refractivity contribution in [2.24, 2.45) is 0 Å². The highest BCUT2D eigenvalue weighted by atomic mass is 16.3. The summed E-state index contributed by atoms with van der Waals surface area (Å²) in [5.74, 6) is 0. The first-order valence-electron chi connectivity index (χ1n) is 16.3. The second-order valence-corrected chi connectivity index (χ2v) is 12.9. The Morgan fingerprint density at radius 2 is 0.894 bits per heavy atom. The number of fused-ring (bicyclic) bond motifs is 8. The zero-order chi connectivity index (χ0) is 30.6. The van der Waals surface area contributed by atoms with E-state index in [1.807, 2.05) is 0 Å². The topological polar surface area (TPSA) is 13.1 Å². The van der Waals surface area contributed by atoms with Gasteiger partial charge in [0.15, 0.2) is 0 Å². The van der Waals surface area contributed by atoms with Crippen LogP contribution in [-0.2, 0) is 0 Å². The molecule has 0 saturated carbocycles. The molecule has 0 spiro atoms. The van der Waals surface area contributed by atoms with Gasteiger partial charge in [-0.05, 0) is 106 Å². The summed E-state index contributed by atoms with van der Waals surface area (Å²) in [5, 5.41) is 17.5. The third kappa shape index (κ3) is 3.49. The normalized spacial score (nSPS) is 12.3. The van der Waals surface area contributed by atoms with E-state index >= 15 is 0 Å². The fourth-order valence-electron chi connectivity index (χ4n) is 8.18. The SMILES string of the molecule is c1ccc2c(c1)ccc1cc(-c3cc(-c4ccc5ccc6cccc7ccc4c5c67)c4c(c3)oc3c5ccccc5ccc34)ccc12. The zero-order valence-electron chi connectivity index (χ0n) is 25.4. The van der Waals surface area contributed by atoms with Crippen molar-refractivity contribution in [3.63, 3.8) is 0 Å². The van der Waals surface area contributed by atoms with Gasteiger partial charge in [0, 0.05) is 16.2 Å². The minimum atomic E-state index is 0.910. The van der Waals surface area contributed by atoms with Crippen molar-refractivity contribution in [1.82, 2.24) is 0 Å². The zero-order valence-corrected chi connectivity index (χ0v) is 25.4. The summed E-state index contributed by atoms with van der Waals surface area (Å²) in [4.78, 5) is 0. The predicted octanol–water partition coefficient (Wildman–Crippen LogP) is 13.3. The van der Waals surface area contributed by atoms with E-state index < -0.39 is 0 Å². The molecule has 0 aliphatic rings. The molecule has 10 aromatic carbocycles. The van der Waals surface area contributed by atoms with Crippen molar-refractivity contribution in [3.05, 3.63) is 158 Å². The van der Waals surface area contributed by atoms with Crippen LogP contribution in [-0.4, -0.2) is 0 Å². The van der Waals surface area contributed by atoms with Crippen LogP contribution in [0.25, 0.3) is 109 Å². The van der Waals surface area contributed by atoms with Crippen LogP contribution in [0, 0.1) is 0 Å². The van der Waals surface area contributed by atoms with Gasteiger partial charge < -0.3 is 4.42 Å². The maximum absolute atomic E-state index is 6.86. The maximum atomic E-state index is 6.86. The van der Waals surface area contributed by atoms with Gasteiger partial charge in [-0.1, -0.05) is 133 Å². The lowest BCUT2D eigenvalue weighted by Crippen LogP contribution is -1.89. The number of hydrogen-bond donors (Lipinski definition) is 0. The van der Waals surface area contributed by atoms with Gasteiger partial charge in [-0.15, -0.1) is 0 Å². The summed E-state index contributed by atoms with van der Waals surface area (Å²) in [6, 6.07) is 57.9. The summed E-state index contributed by atoms with van der Waals surface area (Å²) >= 11 is 0.